The van der Waals surface area contributed by atoms with E-state index in [1.807, 2.05) is 6.92 Å². The molecular formula is C10H14ClNO3. The molecule has 15 heavy (non-hydrogen) atoms. The van der Waals surface area contributed by atoms with E-state index in [9.17, 15) is 0 Å². The van der Waals surface area contributed by atoms with Crippen molar-refractivity contribution in [1.29, 1.82) is 0 Å². The van der Waals surface area contributed by atoms with Gasteiger partial charge in [-0.25, -0.2) is 5.90 Å². The second-order valence-corrected chi connectivity index (χ2v) is 3.43. The maximum Gasteiger partial charge on any atom is 0.166 e. The molecule has 2 N–H and O–H groups in total. The van der Waals surface area contributed by atoms with Crippen LogP contribution >= 0.6 is 11.6 Å². The summed E-state index contributed by atoms with van der Waals surface area (Å²) in [4.78, 5) is 4.57. The topological polar surface area (TPSA) is 53.7 Å². The lowest BCUT2D eigenvalue weighted by atomic mass is 10.1. The molecule has 0 aliphatic carbocycles. The average molecular weight is 232 g/mol. The molecule has 0 saturated carbocycles. The highest BCUT2D eigenvalue weighted by atomic mass is 35.5. The molecule has 0 radical (unpaired) electrons. The van der Waals surface area contributed by atoms with Gasteiger partial charge in [0.15, 0.2) is 11.5 Å². The zero-order valence-corrected chi connectivity index (χ0v) is 9.72. The van der Waals surface area contributed by atoms with Crippen LogP contribution < -0.4 is 15.4 Å². The van der Waals surface area contributed by atoms with Gasteiger partial charge >= 0.3 is 0 Å². The van der Waals surface area contributed by atoms with Crippen LogP contribution in [-0.4, -0.2) is 14.2 Å². The number of halogens is 1. The van der Waals surface area contributed by atoms with Crippen molar-refractivity contribution in [3.05, 3.63) is 22.2 Å². The molecule has 0 fully saturated rings. The Morgan fingerprint density at radius 3 is 2.33 bits per heavy atom. The summed E-state index contributed by atoms with van der Waals surface area (Å²) < 4.78 is 10.5. The lowest BCUT2D eigenvalue weighted by Gasteiger charge is -2.15. The maximum absolute atomic E-state index is 6.03. The summed E-state index contributed by atoms with van der Waals surface area (Å²) >= 11 is 6.03. The van der Waals surface area contributed by atoms with Gasteiger partial charge in [-0.05, 0) is 13.0 Å². The van der Waals surface area contributed by atoms with Crippen molar-refractivity contribution in [2.45, 2.75) is 13.5 Å². The second-order valence-electron chi connectivity index (χ2n) is 3.02. The van der Waals surface area contributed by atoms with Crippen LogP contribution in [0.3, 0.4) is 0 Å². The van der Waals surface area contributed by atoms with Gasteiger partial charge in [-0.2, -0.15) is 0 Å². The van der Waals surface area contributed by atoms with E-state index in [-0.39, 0.29) is 6.61 Å². The van der Waals surface area contributed by atoms with Crippen LogP contribution in [0.1, 0.15) is 11.1 Å². The Kier molecular flexibility index (Phi) is 4.20. The molecule has 1 aromatic rings. The van der Waals surface area contributed by atoms with Crippen molar-refractivity contribution in [3.63, 3.8) is 0 Å². The molecule has 0 amide bonds. The van der Waals surface area contributed by atoms with Crippen LogP contribution in [0, 0.1) is 6.92 Å². The van der Waals surface area contributed by atoms with Crippen LogP contribution in [0.25, 0.3) is 0 Å². The number of benzene rings is 1. The van der Waals surface area contributed by atoms with Gasteiger partial charge in [-0.15, -0.1) is 0 Å². The zero-order chi connectivity index (χ0) is 11.4. The third-order valence-electron chi connectivity index (χ3n) is 2.14. The van der Waals surface area contributed by atoms with E-state index in [2.05, 4.69) is 4.84 Å². The second kappa shape index (κ2) is 5.21. The van der Waals surface area contributed by atoms with Gasteiger partial charge in [-0.1, -0.05) is 11.6 Å². The van der Waals surface area contributed by atoms with Gasteiger partial charge in [0.1, 0.15) is 0 Å². The Balaban J connectivity index is 3.33. The fraction of sp³-hybridized carbons (Fsp3) is 0.400. The summed E-state index contributed by atoms with van der Waals surface area (Å²) in [5.74, 6) is 6.23. The highest BCUT2D eigenvalue weighted by Gasteiger charge is 2.15. The van der Waals surface area contributed by atoms with Crippen molar-refractivity contribution in [3.8, 4) is 11.5 Å². The molecular weight excluding hydrogens is 218 g/mol. The molecule has 1 rings (SSSR count). The van der Waals surface area contributed by atoms with Crippen molar-refractivity contribution >= 4 is 11.6 Å². The fourth-order valence-corrected chi connectivity index (χ4v) is 1.64. The molecule has 0 aliphatic heterocycles. The van der Waals surface area contributed by atoms with E-state index in [4.69, 9.17) is 27.0 Å². The van der Waals surface area contributed by atoms with Gasteiger partial charge in [0, 0.05) is 16.1 Å². The number of nitrogens with two attached hydrogens (primary N) is 1. The standard InChI is InChI=1S/C10H14ClNO3/c1-6-8(11)4-7(5-15-12)10(14-3)9(6)13-2/h4H,5,12H2,1-3H3. The highest BCUT2D eigenvalue weighted by molar-refractivity contribution is 6.31. The molecule has 0 atom stereocenters. The van der Waals surface area contributed by atoms with E-state index in [0.29, 0.717) is 16.5 Å². The Morgan fingerprint density at radius 2 is 1.87 bits per heavy atom. The third kappa shape index (κ3) is 2.34. The third-order valence-corrected chi connectivity index (χ3v) is 2.54. The average Bonchev–Trinajstić information content (AvgIpc) is 2.23. The Morgan fingerprint density at radius 1 is 1.27 bits per heavy atom. The molecule has 0 unspecified atom stereocenters. The van der Waals surface area contributed by atoms with Gasteiger partial charge in [0.2, 0.25) is 0 Å². The smallest absolute Gasteiger partial charge is 0.166 e. The van der Waals surface area contributed by atoms with Crippen molar-refractivity contribution in [2.24, 2.45) is 5.90 Å². The van der Waals surface area contributed by atoms with Gasteiger partial charge in [0.25, 0.3) is 0 Å². The lowest BCUT2D eigenvalue weighted by Crippen LogP contribution is -2.03. The predicted molar refractivity (Wildman–Crippen MR) is 58.3 cm³/mol. The minimum Gasteiger partial charge on any atom is -0.493 e. The molecule has 0 heterocycles. The number of hydrogen-bond acceptors (Lipinski definition) is 4. The lowest BCUT2D eigenvalue weighted by molar-refractivity contribution is 0.121. The first-order valence-electron chi connectivity index (χ1n) is 4.37. The van der Waals surface area contributed by atoms with Crippen LogP contribution in [-0.2, 0) is 11.4 Å². The van der Waals surface area contributed by atoms with E-state index in [1.165, 1.54) is 0 Å². The number of methoxy groups -OCH3 is 2. The van der Waals surface area contributed by atoms with E-state index in [1.54, 1.807) is 20.3 Å². The summed E-state index contributed by atoms with van der Waals surface area (Å²) in [5, 5.41) is 0.597. The Bertz CT molecular complexity index is 355. The first-order valence-corrected chi connectivity index (χ1v) is 4.75. The maximum atomic E-state index is 6.03. The van der Waals surface area contributed by atoms with Crippen molar-refractivity contribution in [2.75, 3.05) is 14.2 Å². The summed E-state index contributed by atoms with van der Waals surface area (Å²) in [7, 11) is 3.12. The summed E-state index contributed by atoms with van der Waals surface area (Å²) in [6.45, 7) is 2.08. The molecule has 0 aromatic heterocycles. The molecule has 0 saturated heterocycles. The number of ether oxygens (including phenoxy) is 2. The van der Waals surface area contributed by atoms with Gasteiger partial charge in [-0.3, -0.25) is 4.84 Å². The normalized spacial score (nSPS) is 10.2. The molecule has 5 heteroatoms. The Labute approximate surface area is 93.8 Å². The molecule has 0 aliphatic rings. The van der Waals surface area contributed by atoms with Crippen LogP contribution in [0.15, 0.2) is 6.07 Å². The monoisotopic (exact) mass is 231 g/mol. The fourth-order valence-electron chi connectivity index (χ4n) is 1.42. The summed E-state index contributed by atoms with van der Waals surface area (Å²) in [6, 6.07) is 1.76. The van der Waals surface area contributed by atoms with Crippen LogP contribution in [0.5, 0.6) is 11.5 Å². The SMILES string of the molecule is COc1c(CON)cc(Cl)c(C)c1OC. The summed E-state index contributed by atoms with van der Waals surface area (Å²) in [5.41, 5.74) is 1.59. The molecule has 1 aromatic carbocycles. The first kappa shape index (κ1) is 12.1. The molecule has 0 bridgehead atoms. The van der Waals surface area contributed by atoms with Crippen molar-refractivity contribution < 1.29 is 14.3 Å². The van der Waals surface area contributed by atoms with Crippen molar-refractivity contribution in [1.82, 2.24) is 0 Å². The Hall–Kier alpha value is -0.970. The van der Waals surface area contributed by atoms with Crippen LogP contribution in [0.4, 0.5) is 0 Å². The van der Waals surface area contributed by atoms with E-state index in [0.717, 1.165) is 11.1 Å². The predicted octanol–water partition coefficient (Wildman–Crippen LogP) is 2.06. The minimum atomic E-state index is 0.222. The quantitative estimate of drug-likeness (QED) is 0.806. The van der Waals surface area contributed by atoms with E-state index >= 15 is 0 Å². The molecule has 84 valence electrons. The largest absolute Gasteiger partial charge is 0.493 e. The molecule has 4 nitrogen and oxygen atoms in total. The van der Waals surface area contributed by atoms with Crippen LogP contribution in [0.2, 0.25) is 5.02 Å². The zero-order valence-electron chi connectivity index (χ0n) is 8.96. The highest BCUT2D eigenvalue weighted by Crippen LogP contribution is 2.38. The molecule has 0 spiro atoms. The van der Waals surface area contributed by atoms with Gasteiger partial charge < -0.3 is 9.47 Å². The minimum absolute atomic E-state index is 0.222. The number of rotatable bonds is 4. The number of hydrogen-bond donors (Lipinski definition) is 1. The van der Waals surface area contributed by atoms with Gasteiger partial charge in [0.05, 0.1) is 20.8 Å². The van der Waals surface area contributed by atoms with E-state index < -0.39 is 0 Å². The first-order chi connectivity index (χ1) is 7.15. The summed E-state index contributed by atoms with van der Waals surface area (Å²) in [6.07, 6.45) is 0.